The average Bonchev–Trinajstić information content (AvgIpc) is 3.33. The summed E-state index contributed by atoms with van der Waals surface area (Å²) in [5, 5.41) is 14.9. The Balaban J connectivity index is 7.24. The number of aliphatic carboxylic acids is 1. The van der Waals surface area contributed by atoms with E-state index in [1.807, 2.05) is 53.7 Å². The molecule has 0 radical (unpaired) electrons. The molecular formula is C54H97N11O12. The van der Waals surface area contributed by atoms with E-state index in [9.17, 15) is 57.8 Å². The fourth-order valence-electron chi connectivity index (χ4n) is 9.23. The molecule has 0 heterocycles. The van der Waals surface area contributed by atoms with E-state index >= 15 is 0 Å². The standard InChI is InChI=1S/C54H97N11O12/c1-21-23-24-36(11)27-41(52(74)62(20)51(35(9)10)64(39(14)67)29-46(70)59(17)31-58(16)45(69)28-55)49(72)57-43(22-2)60(18)47(71)30-63(38(13)66)44(26-33(5)6)61(19)53(75)48(34(7)8)65(40(15)68)42(25-32(3)4)50(73)56-37(12)54(76)77/h21,23,32-37,41-44,48,51H,22,24-31,55H2,1-20H3,(H,56,73)(H,57,72)(H,76,77)/b23-21+/t36-,37+,41?,42-,43-,44+,48-,51+/m1/s1. The Morgan fingerprint density at radius 3 is 1.55 bits per heavy atom. The van der Waals surface area contributed by atoms with Crippen molar-refractivity contribution in [1.29, 1.82) is 0 Å². The third-order valence-corrected chi connectivity index (χ3v) is 13.6. The molecule has 0 spiro atoms. The zero-order valence-corrected chi connectivity index (χ0v) is 50.0. The molecule has 23 nitrogen and oxygen atoms in total. The first-order chi connectivity index (χ1) is 35.5. The minimum absolute atomic E-state index is 0.0691. The first-order valence-corrected chi connectivity index (χ1v) is 26.8. The predicted octanol–water partition coefficient (Wildman–Crippen LogP) is 2.58. The number of likely N-dealkylation sites (N-methyl/N-ethyl adjacent to an activating group) is 4. The smallest absolute Gasteiger partial charge is 0.325 e. The molecule has 8 atom stereocenters. The molecule has 1 unspecified atom stereocenters. The zero-order valence-electron chi connectivity index (χ0n) is 50.0. The number of carbonyl (C=O) groups is 11. The summed E-state index contributed by atoms with van der Waals surface area (Å²) in [5.74, 6) is -10.1. The van der Waals surface area contributed by atoms with E-state index in [1.165, 1.54) is 102 Å². The summed E-state index contributed by atoms with van der Waals surface area (Å²) in [6, 6.07) is -3.79. The van der Waals surface area contributed by atoms with Gasteiger partial charge in [-0.15, -0.1) is 0 Å². The van der Waals surface area contributed by atoms with Crippen LogP contribution in [0.1, 0.15) is 136 Å². The summed E-state index contributed by atoms with van der Waals surface area (Å²) >= 11 is 0. The second-order valence-electron chi connectivity index (χ2n) is 22.0. The van der Waals surface area contributed by atoms with Gasteiger partial charge >= 0.3 is 5.97 Å². The van der Waals surface area contributed by atoms with Crippen molar-refractivity contribution < 1.29 is 57.8 Å². The van der Waals surface area contributed by atoms with Gasteiger partial charge in [-0.2, -0.15) is 0 Å². The molecule has 0 aromatic heterocycles. The summed E-state index contributed by atoms with van der Waals surface area (Å²) in [5.41, 5.74) is 5.49. The number of hydrogen-bond donors (Lipinski definition) is 4. The Morgan fingerprint density at radius 1 is 0.597 bits per heavy atom. The van der Waals surface area contributed by atoms with Crippen molar-refractivity contribution in [1.82, 2.24) is 49.8 Å². The fraction of sp³-hybridized carbons (Fsp3) is 0.759. The van der Waals surface area contributed by atoms with Gasteiger partial charge < -0.3 is 60.7 Å². The molecule has 0 aliphatic carbocycles. The van der Waals surface area contributed by atoms with Gasteiger partial charge in [0.25, 0.3) is 0 Å². The quantitative estimate of drug-likeness (QED) is 0.0429. The first kappa shape index (κ1) is 70.9. The van der Waals surface area contributed by atoms with Gasteiger partial charge in [0.05, 0.1) is 13.2 Å². The van der Waals surface area contributed by atoms with Crippen LogP contribution in [0.15, 0.2) is 12.2 Å². The topological polar surface area (TPSA) is 284 Å². The maximum atomic E-state index is 14.9. The molecule has 0 fully saturated rings. The number of rotatable bonds is 32. The fourth-order valence-corrected chi connectivity index (χ4v) is 9.23. The lowest BCUT2D eigenvalue weighted by Crippen LogP contribution is -2.63. The van der Waals surface area contributed by atoms with Gasteiger partial charge in [0.2, 0.25) is 59.1 Å². The summed E-state index contributed by atoms with van der Waals surface area (Å²) in [6.45, 7) is 23.5. The van der Waals surface area contributed by atoms with Crippen LogP contribution in [-0.2, 0) is 52.7 Å². The van der Waals surface area contributed by atoms with Crippen molar-refractivity contribution in [2.45, 2.75) is 173 Å². The van der Waals surface area contributed by atoms with Crippen LogP contribution < -0.4 is 16.4 Å². The van der Waals surface area contributed by atoms with Gasteiger partial charge in [0.15, 0.2) is 0 Å². The van der Waals surface area contributed by atoms with E-state index in [4.69, 9.17) is 5.73 Å². The highest BCUT2D eigenvalue weighted by atomic mass is 16.4. The summed E-state index contributed by atoms with van der Waals surface area (Å²) in [6.07, 6.45) is 1.76. The first-order valence-electron chi connectivity index (χ1n) is 26.8. The van der Waals surface area contributed by atoms with Gasteiger partial charge in [-0.25, -0.2) is 0 Å². The van der Waals surface area contributed by atoms with Crippen LogP contribution in [0.4, 0.5) is 0 Å². The molecule has 0 aliphatic rings. The number of allylic oxidation sites excluding steroid dienone is 2. The molecule has 0 bridgehead atoms. The number of carboxylic acids is 1. The van der Waals surface area contributed by atoms with Crippen molar-refractivity contribution in [2.24, 2.45) is 41.2 Å². The van der Waals surface area contributed by atoms with Crippen LogP contribution >= 0.6 is 0 Å². The number of nitrogens with one attached hydrogen (secondary N) is 2. The second kappa shape index (κ2) is 33.2. The van der Waals surface area contributed by atoms with Crippen LogP contribution in [0.25, 0.3) is 0 Å². The predicted molar refractivity (Wildman–Crippen MR) is 293 cm³/mol. The number of hydrogen-bond acceptors (Lipinski definition) is 12. The zero-order chi connectivity index (χ0) is 60.1. The van der Waals surface area contributed by atoms with Crippen LogP contribution in [0.5, 0.6) is 0 Å². The largest absolute Gasteiger partial charge is 0.480 e. The molecule has 23 heteroatoms. The Hall–Kier alpha value is -6.13. The van der Waals surface area contributed by atoms with E-state index in [0.717, 1.165) is 0 Å². The molecule has 0 saturated heterocycles. The molecule has 440 valence electrons. The van der Waals surface area contributed by atoms with Gasteiger partial charge in [-0.3, -0.25) is 52.7 Å². The molecule has 0 aromatic rings. The SMILES string of the molecule is C/C=C/C[C@@H](C)CC(C(=O)N[C@@H](CC)N(C)C(=O)CN(C(C)=O)[C@@H](CC(C)C)N(C)C(=O)[C@@H](C(C)C)N(C(C)=O)[C@H](CC(C)C)C(=O)N[C@@H](C)C(=O)O)C(=O)N(C)[C@H](C(C)C)N(CC(=O)N(C)CN(C)C(=O)CN)C(C)=O. The summed E-state index contributed by atoms with van der Waals surface area (Å²) in [4.78, 5) is 161. The van der Waals surface area contributed by atoms with Crippen LogP contribution in [-0.4, -0.2) is 208 Å². The number of nitrogens with zero attached hydrogens (tertiary/aromatic N) is 8. The molecule has 10 amide bonds. The van der Waals surface area contributed by atoms with Gasteiger partial charge in [0, 0.05) is 56.0 Å². The van der Waals surface area contributed by atoms with Gasteiger partial charge in [-0.1, -0.05) is 81.4 Å². The lowest BCUT2D eigenvalue weighted by atomic mass is 9.90. The van der Waals surface area contributed by atoms with E-state index in [-0.39, 0.29) is 56.7 Å². The van der Waals surface area contributed by atoms with Crippen LogP contribution in [0.3, 0.4) is 0 Å². The van der Waals surface area contributed by atoms with Crippen molar-refractivity contribution in [2.75, 3.05) is 61.5 Å². The van der Waals surface area contributed by atoms with Crippen molar-refractivity contribution >= 4 is 65.0 Å². The molecular weight excluding hydrogens is 995 g/mol. The Bertz CT molecular complexity index is 2070. The molecule has 0 aromatic carbocycles. The number of carboxylic acid groups (broad SMARTS) is 1. The lowest BCUT2D eigenvalue weighted by molar-refractivity contribution is -0.160. The Labute approximate surface area is 458 Å². The highest BCUT2D eigenvalue weighted by Gasteiger charge is 2.44. The van der Waals surface area contributed by atoms with E-state index < -0.39 is 133 Å². The van der Waals surface area contributed by atoms with Crippen molar-refractivity contribution in [3.63, 3.8) is 0 Å². The molecule has 0 rings (SSSR count). The van der Waals surface area contributed by atoms with Crippen molar-refractivity contribution in [3.05, 3.63) is 12.2 Å². The Morgan fingerprint density at radius 2 is 1.12 bits per heavy atom. The maximum Gasteiger partial charge on any atom is 0.325 e. The highest BCUT2D eigenvalue weighted by Crippen LogP contribution is 2.27. The Kier molecular flexibility index (Phi) is 30.6. The van der Waals surface area contributed by atoms with Crippen LogP contribution in [0.2, 0.25) is 0 Å². The number of carbonyl (C=O) groups excluding carboxylic acids is 10. The molecule has 5 N–H and O–H groups in total. The number of amides is 10. The van der Waals surface area contributed by atoms with E-state index in [1.54, 1.807) is 34.6 Å². The van der Waals surface area contributed by atoms with Crippen molar-refractivity contribution in [3.8, 4) is 0 Å². The van der Waals surface area contributed by atoms with E-state index in [2.05, 4.69) is 10.6 Å². The third-order valence-electron chi connectivity index (χ3n) is 13.6. The molecule has 0 aliphatic heterocycles. The lowest BCUT2D eigenvalue weighted by Gasteiger charge is -2.44. The second-order valence-corrected chi connectivity index (χ2v) is 22.0. The normalized spacial score (nSPS) is 14.6. The average molecular weight is 1090 g/mol. The number of nitrogens with two attached hydrogens (primary N) is 1. The minimum atomic E-state index is -1.33. The monoisotopic (exact) mass is 1090 g/mol. The summed E-state index contributed by atoms with van der Waals surface area (Å²) in [7, 11) is 7.32. The highest BCUT2D eigenvalue weighted by molar-refractivity contribution is 6.01. The van der Waals surface area contributed by atoms with Gasteiger partial charge in [0.1, 0.15) is 55.6 Å². The maximum absolute atomic E-state index is 14.9. The van der Waals surface area contributed by atoms with Crippen LogP contribution in [0, 0.1) is 35.5 Å². The summed E-state index contributed by atoms with van der Waals surface area (Å²) < 4.78 is 0. The van der Waals surface area contributed by atoms with Gasteiger partial charge in [-0.05, 0) is 75.5 Å². The van der Waals surface area contributed by atoms with E-state index in [0.29, 0.717) is 6.42 Å². The molecule has 0 saturated carbocycles. The minimum Gasteiger partial charge on any atom is -0.480 e. The third kappa shape index (κ3) is 21.7. The molecule has 77 heavy (non-hydrogen) atoms.